The highest BCUT2D eigenvalue weighted by Gasteiger charge is 2.85. The summed E-state index contributed by atoms with van der Waals surface area (Å²) < 4.78 is 9.83. The summed E-state index contributed by atoms with van der Waals surface area (Å²) in [6, 6.07) is 0. The molecule has 2 rings (SSSR count). The van der Waals surface area contributed by atoms with Crippen molar-refractivity contribution in [3.8, 4) is 0 Å². The molecule has 0 spiro atoms. The molecule has 0 amide bonds. The van der Waals surface area contributed by atoms with Crippen molar-refractivity contribution >= 4 is 34.5 Å². The van der Waals surface area contributed by atoms with Gasteiger partial charge in [0.1, 0.15) is 6.10 Å². The summed E-state index contributed by atoms with van der Waals surface area (Å²) in [6.45, 7) is 2.19. The van der Waals surface area contributed by atoms with Crippen LogP contribution in [0, 0.1) is 5.41 Å². The zero-order valence-electron chi connectivity index (χ0n) is 11.5. The smallest absolute Gasteiger partial charge is 0.325 e. The predicted octanol–water partition coefficient (Wildman–Crippen LogP) is 3.01. The fraction of sp³-hybridized carbons (Fsp3) is 0.857. The minimum Gasteiger partial charge on any atom is -0.468 e. The third kappa shape index (κ3) is 2.28. The van der Waals surface area contributed by atoms with Crippen LogP contribution in [-0.4, -0.2) is 28.6 Å². The maximum absolute atomic E-state index is 12.0. The minimum atomic E-state index is -1.00. The van der Waals surface area contributed by atoms with E-state index in [0.717, 1.165) is 12.8 Å². The number of fused-ring (bicyclic) bond motifs is 1. The zero-order valence-corrected chi connectivity index (χ0v) is 13.7. The van der Waals surface area contributed by atoms with Crippen molar-refractivity contribution in [3.63, 3.8) is 0 Å². The van der Waals surface area contributed by atoms with Gasteiger partial charge in [-0.3, -0.25) is 9.59 Å². The highest BCUT2D eigenvalue weighted by atomic mass is 127. The van der Waals surface area contributed by atoms with Gasteiger partial charge in [0.15, 0.2) is 5.41 Å². The molecular weight excluding hydrogens is 359 g/mol. The number of hydrogen-bond acceptors (Lipinski definition) is 4. The fourth-order valence-corrected chi connectivity index (χ4v) is 4.47. The van der Waals surface area contributed by atoms with Crippen LogP contribution in [0.25, 0.3) is 0 Å². The van der Waals surface area contributed by atoms with Gasteiger partial charge in [-0.15, -0.1) is 0 Å². The number of rotatable bonds is 7. The number of alkyl halides is 1. The Bertz CT molecular complexity index is 384. The number of cyclic esters (lactones) is 1. The molecule has 0 unspecified atom stereocenters. The highest BCUT2D eigenvalue weighted by molar-refractivity contribution is 14.1. The summed E-state index contributed by atoms with van der Waals surface area (Å²) in [5, 5.41) is 0. The molecule has 1 aliphatic heterocycles. The second-order valence-electron chi connectivity index (χ2n) is 5.53. The van der Waals surface area contributed by atoms with Gasteiger partial charge in [0.2, 0.25) is 0 Å². The predicted molar refractivity (Wildman–Crippen MR) is 79.1 cm³/mol. The van der Waals surface area contributed by atoms with Crippen LogP contribution in [0.2, 0.25) is 0 Å². The Morgan fingerprint density at radius 2 is 2.11 bits per heavy atom. The molecule has 2 aliphatic rings. The Hall–Kier alpha value is -0.330. The van der Waals surface area contributed by atoms with Gasteiger partial charge < -0.3 is 9.47 Å². The van der Waals surface area contributed by atoms with Crippen molar-refractivity contribution in [2.75, 3.05) is 7.11 Å². The molecule has 0 aromatic heterocycles. The molecule has 2 fully saturated rings. The van der Waals surface area contributed by atoms with Crippen LogP contribution in [0.3, 0.4) is 0 Å². The lowest BCUT2D eigenvalue weighted by molar-refractivity contribution is -0.159. The molecule has 0 N–H and O–H groups in total. The molecule has 5 heteroatoms. The van der Waals surface area contributed by atoms with E-state index < -0.39 is 11.4 Å². The second kappa shape index (κ2) is 5.58. The Kier molecular flexibility index (Phi) is 4.42. The third-order valence-corrected chi connectivity index (χ3v) is 6.32. The van der Waals surface area contributed by atoms with E-state index in [-0.39, 0.29) is 15.5 Å². The lowest BCUT2D eigenvalue weighted by atomic mass is 10.0. The van der Waals surface area contributed by atoms with Crippen molar-refractivity contribution in [2.45, 2.75) is 61.4 Å². The van der Waals surface area contributed by atoms with E-state index in [0.29, 0.717) is 6.42 Å². The number of halogens is 1. The summed E-state index contributed by atoms with van der Waals surface area (Å²) in [4.78, 5) is 23.8. The Morgan fingerprint density at radius 1 is 1.42 bits per heavy atom. The number of esters is 2. The van der Waals surface area contributed by atoms with E-state index in [1.165, 1.54) is 32.8 Å². The number of carbonyl (C=O) groups excluding carboxylic acids is 2. The standard InChI is InChI=1S/C14H21IO4/c1-3-4-5-6-7-8-10-14(15)9-13(14,11(16)18-2)12(17)19-10/h10H,3-9H2,1-2H3/t10-,13+,14-/m0/s1. The molecule has 0 aromatic rings. The molecule has 1 aliphatic carbocycles. The van der Waals surface area contributed by atoms with Gasteiger partial charge in [0.25, 0.3) is 0 Å². The molecule has 0 aromatic carbocycles. The number of carbonyl (C=O) groups is 2. The quantitative estimate of drug-likeness (QED) is 0.224. The van der Waals surface area contributed by atoms with Crippen LogP contribution in [0.1, 0.15) is 51.9 Å². The Labute approximate surface area is 127 Å². The van der Waals surface area contributed by atoms with E-state index in [1.807, 2.05) is 0 Å². The molecule has 3 atom stereocenters. The van der Waals surface area contributed by atoms with Crippen LogP contribution in [0.4, 0.5) is 0 Å². The first-order valence-electron chi connectivity index (χ1n) is 7.01. The van der Waals surface area contributed by atoms with Crippen molar-refractivity contribution in [2.24, 2.45) is 5.41 Å². The average Bonchev–Trinajstić information content (AvgIpc) is 2.99. The molecule has 1 saturated carbocycles. The normalized spacial score (nSPS) is 35.7. The number of methoxy groups -OCH3 is 1. The number of unbranched alkanes of at least 4 members (excludes halogenated alkanes) is 4. The van der Waals surface area contributed by atoms with Crippen molar-refractivity contribution in [1.82, 2.24) is 0 Å². The van der Waals surface area contributed by atoms with Gasteiger partial charge in [-0.25, -0.2) is 0 Å². The maximum Gasteiger partial charge on any atom is 0.325 e. The number of hydrogen-bond donors (Lipinski definition) is 0. The molecular formula is C14H21IO4. The summed E-state index contributed by atoms with van der Waals surface area (Å²) in [5.41, 5.74) is -1.00. The second-order valence-corrected chi connectivity index (χ2v) is 7.46. The van der Waals surface area contributed by atoms with Crippen LogP contribution in [0.5, 0.6) is 0 Å². The van der Waals surface area contributed by atoms with Crippen LogP contribution < -0.4 is 0 Å². The molecule has 19 heavy (non-hydrogen) atoms. The topological polar surface area (TPSA) is 52.6 Å². The molecule has 0 bridgehead atoms. The Morgan fingerprint density at radius 3 is 2.68 bits per heavy atom. The van der Waals surface area contributed by atoms with Crippen molar-refractivity contribution in [1.29, 1.82) is 0 Å². The van der Waals surface area contributed by atoms with Crippen molar-refractivity contribution in [3.05, 3.63) is 0 Å². The van der Waals surface area contributed by atoms with Gasteiger partial charge >= 0.3 is 11.9 Å². The maximum atomic E-state index is 12.0. The van der Waals surface area contributed by atoms with E-state index >= 15 is 0 Å². The Balaban J connectivity index is 1.89. The summed E-state index contributed by atoms with van der Waals surface area (Å²) in [6.07, 6.45) is 7.24. The highest BCUT2D eigenvalue weighted by Crippen LogP contribution is 2.70. The first-order chi connectivity index (χ1) is 9.03. The van der Waals surface area contributed by atoms with E-state index in [2.05, 4.69) is 29.5 Å². The van der Waals surface area contributed by atoms with Gasteiger partial charge in [0, 0.05) is 0 Å². The SMILES string of the molecule is CCCCCCC[C@@H]1OC(=O)[C@]2(C(=O)OC)C[C@]12I. The average molecular weight is 380 g/mol. The van der Waals surface area contributed by atoms with Gasteiger partial charge in [-0.1, -0.05) is 55.2 Å². The van der Waals surface area contributed by atoms with E-state index in [1.54, 1.807) is 0 Å². The monoisotopic (exact) mass is 380 g/mol. The van der Waals surface area contributed by atoms with Crippen LogP contribution >= 0.6 is 22.6 Å². The lowest BCUT2D eigenvalue weighted by Crippen LogP contribution is -2.29. The zero-order chi connectivity index (χ0) is 14.1. The van der Waals surface area contributed by atoms with E-state index in [9.17, 15) is 9.59 Å². The van der Waals surface area contributed by atoms with Crippen LogP contribution in [-0.2, 0) is 19.1 Å². The summed E-state index contributed by atoms with van der Waals surface area (Å²) >= 11 is 2.23. The molecule has 4 nitrogen and oxygen atoms in total. The van der Waals surface area contributed by atoms with E-state index in [4.69, 9.17) is 9.47 Å². The van der Waals surface area contributed by atoms with Gasteiger partial charge in [-0.2, -0.15) is 0 Å². The van der Waals surface area contributed by atoms with Crippen LogP contribution in [0.15, 0.2) is 0 Å². The summed E-state index contributed by atoms with van der Waals surface area (Å²) in [7, 11) is 1.33. The minimum absolute atomic E-state index is 0.124. The molecule has 108 valence electrons. The fourth-order valence-electron chi connectivity index (χ4n) is 3.02. The third-order valence-electron chi connectivity index (χ3n) is 4.32. The van der Waals surface area contributed by atoms with Gasteiger partial charge in [0.05, 0.1) is 10.5 Å². The summed E-state index contributed by atoms with van der Waals surface area (Å²) in [5.74, 6) is -0.812. The lowest BCUT2D eigenvalue weighted by Gasteiger charge is -2.16. The first-order valence-corrected chi connectivity index (χ1v) is 8.09. The molecule has 0 radical (unpaired) electrons. The van der Waals surface area contributed by atoms with Gasteiger partial charge in [-0.05, 0) is 19.3 Å². The van der Waals surface area contributed by atoms with Crippen molar-refractivity contribution < 1.29 is 19.1 Å². The molecule has 1 saturated heterocycles. The largest absolute Gasteiger partial charge is 0.468 e. The molecule has 1 heterocycles. The number of ether oxygens (including phenoxy) is 2. The first kappa shape index (κ1) is 15.1.